The van der Waals surface area contributed by atoms with Gasteiger partial charge < -0.3 is 14.9 Å². The van der Waals surface area contributed by atoms with E-state index in [1.807, 2.05) is 20.8 Å². The minimum absolute atomic E-state index is 0.0955. The molecule has 3 N–H and O–H groups in total. The van der Waals surface area contributed by atoms with E-state index in [4.69, 9.17) is 4.74 Å². The van der Waals surface area contributed by atoms with Crippen LogP contribution in [0, 0.1) is 52.3 Å². The summed E-state index contributed by atoms with van der Waals surface area (Å²) in [7, 11) is -4.07. The van der Waals surface area contributed by atoms with Gasteiger partial charge in [-0.2, -0.15) is 0 Å². The van der Waals surface area contributed by atoms with Gasteiger partial charge in [0, 0.05) is 0 Å². The number of amides is 1. The molecule has 11 atom stereocenters. The molecule has 248 valence electrons. The Bertz CT molecular complexity index is 1310. The first-order valence-corrected chi connectivity index (χ1v) is 18.7. The first kappa shape index (κ1) is 33.7. The lowest BCUT2D eigenvalue weighted by Gasteiger charge is -2.64. The molecule has 1 amide bonds. The fraction of sp³-hybridized carbons (Fsp3) is 0.806. The highest BCUT2D eigenvalue weighted by atomic mass is 32.2. The molecule has 0 bridgehead atoms. The summed E-state index contributed by atoms with van der Waals surface area (Å²) in [5.74, 6) is 2.69. The third-order valence-electron chi connectivity index (χ3n) is 13.2. The molecule has 0 radical (unpaired) electrons. The molecule has 4 saturated carbocycles. The van der Waals surface area contributed by atoms with E-state index in [-0.39, 0.29) is 40.5 Å². The van der Waals surface area contributed by atoms with Crippen LogP contribution in [0.15, 0.2) is 29.2 Å². The van der Waals surface area contributed by atoms with Gasteiger partial charge in [0.2, 0.25) is 0 Å². The van der Waals surface area contributed by atoms with Crippen molar-refractivity contribution in [2.75, 3.05) is 6.61 Å². The summed E-state index contributed by atoms with van der Waals surface area (Å²) >= 11 is 0. The molecule has 1 aromatic carbocycles. The van der Waals surface area contributed by atoms with Crippen LogP contribution in [-0.2, 0) is 20.2 Å². The smallest absolute Gasteiger partial charge is 0.421 e. The minimum Gasteiger partial charge on any atom is -0.449 e. The fourth-order valence-electron chi connectivity index (χ4n) is 11.0. The molecule has 8 heteroatoms. The molecule has 4 aliphatic carbocycles. The normalized spacial score (nSPS) is 39.5. The number of ether oxygens (including phenoxy) is 1. The summed E-state index contributed by atoms with van der Waals surface area (Å²) < 4.78 is 33.7. The number of sulfonamides is 1. The zero-order valence-electron chi connectivity index (χ0n) is 28.0. The van der Waals surface area contributed by atoms with E-state index in [1.54, 1.807) is 18.2 Å². The van der Waals surface area contributed by atoms with Crippen LogP contribution in [0.1, 0.15) is 112 Å². The summed E-state index contributed by atoms with van der Waals surface area (Å²) in [6, 6.07) is 6.76. The molecule has 0 saturated heterocycles. The molecule has 0 aromatic heterocycles. The van der Waals surface area contributed by atoms with E-state index in [0.717, 1.165) is 51.4 Å². The SMILES string of the molecule is CC[C@H]1[C@@H](O)[C@@H]2[C@H](CC[C@]3(C)[C@@H]([C@H](C)CCOC(=O)NS(=O)(=O)c4ccccc4C(C)(C)C)CC[C@@H]23)[C@@]2(C)CC[C@@H](O)C[C@@H]12. The van der Waals surface area contributed by atoms with Crippen LogP contribution >= 0.6 is 0 Å². The summed E-state index contributed by atoms with van der Waals surface area (Å²) in [6.45, 7) is 15.4. The number of nitrogens with one attached hydrogen (secondary N) is 1. The second-order valence-electron chi connectivity index (χ2n) is 16.4. The van der Waals surface area contributed by atoms with Gasteiger partial charge in [0.1, 0.15) is 0 Å². The van der Waals surface area contributed by atoms with Crippen LogP contribution < -0.4 is 4.72 Å². The van der Waals surface area contributed by atoms with Crippen molar-refractivity contribution in [1.29, 1.82) is 0 Å². The second kappa shape index (κ2) is 12.2. The van der Waals surface area contributed by atoms with Crippen molar-refractivity contribution in [3.05, 3.63) is 29.8 Å². The third-order valence-corrected chi connectivity index (χ3v) is 14.5. The van der Waals surface area contributed by atoms with Crippen molar-refractivity contribution in [3.8, 4) is 0 Å². The van der Waals surface area contributed by atoms with Crippen molar-refractivity contribution in [2.24, 2.45) is 52.3 Å². The monoisotopic (exact) mass is 631 g/mol. The highest BCUT2D eigenvalue weighted by Gasteiger charge is 2.64. The van der Waals surface area contributed by atoms with Gasteiger partial charge in [-0.15, -0.1) is 0 Å². The number of aliphatic hydroxyl groups excluding tert-OH is 2. The van der Waals surface area contributed by atoms with Gasteiger partial charge in [-0.3, -0.25) is 0 Å². The molecule has 0 spiro atoms. The molecule has 0 aliphatic heterocycles. The molecule has 4 fully saturated rings. The summed E-state index contributed by atoms with van der Waals surface area (Å²) in [5, 5.41) is 22.5. The number of fused-ring (bicyclic) bond motifs is 5. The van der Waals surface area contributed by atoms with E-state index in [9.17, 15) is 23.4 Å². The highest BCUT2D eigenvalue weighted by Crippen LogP contribution is 2.69. The predicted octanol–water partition coefficient (Wildman–Crippen LogP) is 7.05. The summed E-state index contributed by atoms with van der Waals surface area (Å²) in [4.78, 5) is 12.7. The zero-order valence-corrected chi connectivity index (χ0v) is 28.8. The van der Waals surface area contributed by atoms with Crippen molar-refractivity contribution >= 4 is 16.1 Å². The largest absolute Gasteiger partial charge is 0.449 e. The standard InChI is InChI=1S/C36H57NO6S/c1-8-24-29-21-23(38)15-18-36(29,7)28-16-19-35(6)25(13-14-27(35)31(28)32(24)39)22(2)17-20-43-33(40)37-44(41,42)30-12-10-9-11-26(30)34(3,4)5/h9-12,22-25,27-29,31-32,38-39H,8,13-21H2,1-7H3,(H,37,40)/t22-,23-,24-,25-,27+,28+,29+,31+,32-,35-,36-/m1/s1. The number of hydrogen-bond acceptors (Lipinski definition) is 6. The average molecular weight is 632 g/mol. The Hall–Kier alpha value is -1.64. The van der Waals surface area contributed by atoms with Crippen LogP contribution in [0.25, 0.3) is 0 Å². The van der Waals surface area contributed by atoms with Crippen molar-refractivity contribution in [3.63, 3.8) is 0 Å². The fourth-order valence-corrected chi connectivity index (χ4v) is 12.3. The third kappa shape index (κ3) is 5.85. The topological polar surface area (TPSA) is 113 Å². The molecule has 0 heterocycles. The highest BCUT2D eigenvalue weighted by molar-refractivity contribution is 7.90. The number of carbonyl (C=O) groups is 1. The lowest BCUT2D eigenvalue weighted by molar-refractivity contribution is -0.203. The predicted molar refractivity (Wildman–Crippen MR) is 172 cm³/mol. The van der Waals surface area contributed by atoms with Gasteiger partial charge in [-0.25, -0.2) is 17.9 Å². The van der Waals surface area contributed by atoms with Crippen molar-refractivity contribution in [2.45, 2.75) is 129 Å². The Balaban J connectivity index is 1.22. The van der Waals surface area contributed by atoms with E-state index in [0.29, 0.717) is 47.5 Å². The molecule has 5 rings (SSSR count). The maximum Gasteiger partial charge on any atom is 0.421 e. The lowest BCUT2D eigenvalue weighted by Crippen LogP contribution is -2.62. The maximum absolute atomic E-state index is 13.1. The van der Waals surface area contributed by atoms with Crippen LogP contribution in [0.5, 0.6) is 0 Å². The van der Waals surface area contributed by atoms with E-state index >= 15 is 0 Å². The molecular formula is C36H57NO6S. The number of rotatable bonds is 7. The van der Waals surface area contributed by atoms with E-state index < -0.39 is 21.5 Å². The quantitative estimate of drug-likeness (QED) is 0.297. The average Bonchev–Trinajstić information content (AvgIpc) is 3.30. The Kier molecular flexibility index (Phi) is 9.34. The summed E-state index contributed by atoms with van der Waals surface area (Å²) in [6.07, 6.45) is 7.41. The molecule has 7 nitrogen and oxygen atoms in total. The maximum atomic E-state index is 13.1. The summed E-state index contributed by atoms with van der Waals surface area (Å²) in [5.41, 5.74) is 0.554. The van der Waals surface area contributed by atoms with Gasteiger partial charge in [-0.05, 0) is 121 Å². The first-order chi connectivity index (χ1) is 20.5. The number of hydrogen-bond donors (Lipinski definition) is 3. The molecule has 4 aliphatic rings. The molecular weight excluding hydrogens is 574 g/mol. The Morgan fingerprint density at radius 2 is 1.68 bits per heavy atom. The van der Waals surface area contributed by atoms with Crippen LogP contribution in [-0.4, -0.2) is 43.5 Å². The van der Waals surface area contributed by atoms with Crippen LogP contribution in [0.4, 0.5) is 4.79 Å². The minimum atomic E-state index is -4.07. The molecule has 44 heavy (non-hydrogen) atoms. The van der Waals surface area contributed by atoms with Crippen LogP contribution in [0.3, 0.4) is 0 Å². The lowest BCUT2D eigenvalue weighted by atomic mass is 9.41. The zero-order chi connectivity index (χ0) is 32.2. The van der Waals surface area contributed by atoms with E-state index in [2.05, 4.69) is 32.4 Å². The van der Waals surface area contributed by atoms with Gasteiger partial charge >= 0.3 is 6.09 Å². The molecule has 1 aromatic rings. The van der Waals surface area contributed by atoms with Gasteiger partial charge in [0.15, 0.2) is 0 Å². The number of aliphatic hydroxyl groups is 2. The Labute approximate surface area is 266 Å². The molecule has 0 unspecified atom stereocenters. The second-order valence-corrected chi connectivity index (χ2v) is 18.0. The van der Waals surface area contributed by atoms with Crippen molar-refractivity contribution < 1.29 is 28.2 Å². The first-order valence-electron chi connectivity index (χ1n) is 17.2. The Morgan fingerprint density at radius 3 is 2.36 bits per heavy atom. The number of benzene rings is 1. The number of carbonyl (C=O) groups excluding carboxylic acids is 1. The Morgan fingerprint density at radius 1 is 1.02 bits per heavy atom. The van der Waals surface area contributed by atoms with E-state index in [1.165, 1.54) is 6.07 Å². The van der Waals surface area contributed by atoms with Gasteiger partial charge in [0.25, 0.3) is 10.0 Å². The van der Waals surface area contributed by atoms with Crippen molar-refractivity contribution in [1.82, 2.24) is 4.72 Å². The van der Waals surface area contributed by atoms with Gasteiger partial charge in [0.05, 0.1) is 23.7 Å². The van der Waals surface area contributed by atoms with Crippen LogP contribution in [0.2, 0.25) is 0 Å². The van der Waals surface area contributed by atoms with Gasteiger partial charge in [-0.1, -0.05) is 73.1 Å².